The third-order valence-electron chi connectivity index (χ3n) is 2.16. The fourth-order valence-electron chi connectivity index (χ4n) is 1.20. The lowest BCUT2D eigenvalue weighted by molar-refractivity contribution is -0.152. The van der Waals surface area contributed by atoms with Gasteiger partial charge in [-0.1, -0.05) is 0 Å². The topological polar surface area (TPSA) is 90.0 Å². The standard InChI is InChI=1S/C10H11NO6/c1-11-7(12)5-6(10(11)15)17-9(14)4-3-8(13)16-2/h3-4,6H,5H2,1-2H3/b4-3+/t6-/m1/s1. The smallest absolute Gasteiger partial charge is 0.331 e. The molecule has 0 aromatic rings. The summed E-state index contributed by atoms with van der Waals surface area (Å²) in [6.07, 6.45) is 0.421. The first-order chi connectivity index (χ1) is 7.95. The minimum absolute atomic E-state index is 0.173. The Balaban J connectivity index is 2.53. The number of ether oxygens (including phenoxy) is 2. The van der Waals surface area contributed by atoms with E-state index in [4.69, 9.17) is 4.74 Å². The second kappa shape index (κ2) is 5.24. The van der Waals surface area contributed by atoms with Crippen molar-refractivity contribution in [3.8, 4) is 0 Å². The van der Waals surface area contributed by atoms with Gasteiger partial charge < -0.3 is 9.47 Å². The lowest BCUT2D eigenvalue weighted by Crippen LogP contribution is -2.30. The van der Waals surface area contributed by atoms with Gasteiger partial charge in [-0.3, -0.25) is 14.5 Å². The zero-order valence-electron chi connectivity index (χ0n) is 9.34. The zero-order valence-corrected chi connectivity index (χ0v) is 9.34. The van der Waals surface area contributed by atoms with Crippen LogP contribution < -0.4 is 0 Å². The molecule has 0 aromatic heterocycles. The largest absolute Gasteiger partial charge is 0.466 e. The summed E-state index contributed by atoms with van der Waals surface area (Å²) in [5.41, 5.74) is 0. The summed E-state index contributed by atoms with van der Waals surface area (Å²) in [4.78, 5) is 45.2. The Kier molecular flexibility index (Phi) is 3.97. The summed E-state index contributed by atoms with van der Waals surface area (Å²) in [7, 11) is 2.47. The molecule has 0 unspecified atom stereocenters. The molecule has 17 heavy (non-hydrogen) atoms. The van der Waals surface area contributed by atoms with Crippen LogP contribution >= 0.6 is 0 Å². The van der Waals surface area contributed by atoms with E-state index in [-0.39, 0.29) is 6.42 Å². The van der Waals surface area contributed by atoms with E-state index in [1.165, 1.54) is 7.05 Å². The normalized spacial score (nSPS) is 19.9. The average molecular weight is 241 g/mol. The van der Waals surface area contributed by atoms with Gasteiger partial charge in [-0.25, -0.2) is 9.59 Å². The first kappa shape index (κ1) is 12.9. The number of imide groups is 1. The Morgan fingerprint density at radius 2 is 1.88 bits per heavy atom. The van der Waals surface area contributed by atoms with E-state index in [0.29, 0.717) is 0 Å². The number of nitrogens with zero attached hydrogens (tertiary/aromatic N) is 1. The summed E-state index contributed by atoms with van der Waals surface area (Å²) in [5.74, 6) is -2.58. The molecule has 0 bridgehead atoms. The van der Waals surface area contributed by atoms with Crippen LogP contribution in [-0.2, 0) is 28.7 Å². The molecule has 0 N–H and O–H groups in total. The number of esters is 2. The molecule has 1 aliphatic heterocycles. The van der Waals surface area contributed by atoms with Crippen LogP contribution in [0.15, 0.2) is 12.2 Å². The quantitative estimate of drug-likeness (QED) is 0.358. The van der Waals surface area contributed by atoms with E-state index >= 15 is 0 Å². The molecule has 1 fully saturated rings. The Morgan fingerprint density at radius 1 is 1.29 bits per heavy atom. The summed E-state index contributed by atoms with van der Waals surface area (Å²) in [6.45, 7) is 0. The predicted molar refractivity (Wildman–Crippen MR) is 53.4 cm³/mol. The number of likely N-dealkylation sites (N-methyl/N-ethyl adjacent to an activating group) is 1. The number of rotatable bonds is 3. The highest BCUT2D eigenvalue weighted by Gasteiger charge is 2.38. The van der Waals surface area contributed by atoms with Crippen molar-refractivity contribution in [3.05, 3.63) is 12.2 Å². The minimum Gasteiger partial charge on any atom is -0.466 e. The monoisotopic (exact) mass is 241 g/mol. The fraction of sp³-hybridized carbons (Fsp3) is 0.400. The number of amides is 2. The van der Waals surface area contributed by atoms with E-state index < -0.39 is 29.9 Å². The molecule has 1 heterocycles. The maximum absolute atomic E-state index is 11.4. The van der Waals surface area contributed by atoms with Gasteiger partial charge in [0.1, 0.15) is 0 Å². The van der Waals surface area contributed by atoms with Gasteiger partial charge >= 0.3 is 11.9 Å². The number of hydrogen-bond acceptors (Lipinski definition) is 6. The molecule has 7 heteroatoms. The Morgan fingerprint density at radius 3 is 2.35 bits per heavy atom. The molecule has 1 rings (SSSR count). The molecule has 2 amide bonds. The lowest BCUT2D eigenvalue weighted by atomic mass is 10.3. The van der Waals surface area contributed by atoms with Gasteiger partial charge in [-0.05, 0) is 0 Å². The lowest BCUT2D eigenvalue weighted by Gasteiger charge is -2.08. The maximum atomic E-state index is 11.4. The van der Waals surface area contributed by atoms with Crippen molar-refractivity contribution < 1.29 is 28.7 Å². The molecule has 0 aromatic carbocycles. The van der Waals surface area contributed by atoms with Crippen LogP contribution in [0, 0.1) is 0 Å². The second-order valence-corrected chi connectivity index (χ2v) is 3.28. The van der Waals surface area contributed by atoms with E-state index in [0.717, 1.165) is 24.2 Å². The molecule has 1 atom stereocenters. The summed E-state index contributed by atoms with van der Waals surface area (Å²) in [5, 5.41) is 0. The molecule has 0 aliphatic carbocycles. The molecule has 0 radical (unpaired) electrons. The highest BCUT2D eigenvalue weighted by atomic mass is 16.5. The van der Waals surface area contributed by atoms with Crippen LogP contribution in [0.4, 0.5) is 0 Å². The molecule has 0 spiro atoms. The fourth-order valence-corrected chi connectivity index (χ4v) is 1.20. The number of carbonyl (C=O) groups is 4. The Labute approximate surface area is 97.0 Å². The molecule has 0 saturated carbocycles. The van der Waals surface area contributed by atoms with Gasteiger partial charge in [0.2, 0.25) is 5.91 Å². The van der Waals surface area contributed by atoms with Crippen molar-refractivity contribution >= 4 is 23.8 Å². The van der Waals surface area contributed by atoms with E-state index in [1.54, 1.807) is 0 Å². The highest BCUT2D eigenvalue weighted by molar-refractivity contribution is 6.05. The number of methoxy groups -OCH3 is 1. The number of hydrogen-bond donors (Lipinski definition) is 0. The molecular formula is C10H11NO6. The third kappa shape index (κ3) is 3.13. The molecule has 1 aliphatic rings. The van der Waals surface area contributed by atoms with E-state index in [2.05, 4.69) is 4.74 Å². The first-order valence-electron chi connectivity index (χ1n) is 4.72. The summed E-state index contributed by atoms with van der Waals surface area (Å²) >= 11 is 0. The van der Waals surface area contributed by atoms with E-state index in [1.807, 2.05) is 0 Å². The van der Waals surface area contributed by atoms with Crippen molar-refractivity contribution in [1.29, 1.82) is 0 Å². The maximum Gasteiger partial charge on any atom is 0.331 e. The first-order valence-corrected chi connectivity index (χ1v) is 4.72. The molecular weight excluding hydrogens is 230 g/mol. The number of carbonyl (C=O) groups excluding carboxylic acids is 4. The van der Waals surface area contributed by atoms with Crippen LogP contribution in [0.25, 0.3) is 0 Å². The predicted octanol–water partition coefficient (Wildman–Crippen LogP) is -0.984. The number of likely N-dealkylation sites (tertiary alicyclic amines) is 1. The van der Waals surface area contributed by atoms with Crippen molar-refractivity contribution in [3.63, 3.8) is 0 Å². The Hall–Kier alpha value is -2.18. The van der Waals surface area contributed by atoms with Crippen LogP contribution in [0.3, 0.4) is 0 Å². The van der Waals surface area contributed by atoms with Crippen LogP contribution in [0.5, 0.6) is 0 Å². The molecule has 92 valence electrons. The van der Waals surface area contributed by atoms with Gasteiger partial charge in [0.15, 0.2) is 6.10 Å². The SMILES string of the molecule is COC(=O)/C=C/C(=O)O[C@@H]1CC(=O)N(C)C1=O. The van der Waals surface area contributed by atoms with E-state index in [9.17, 15) is 19.2 Å². The van der Waals surface area contributed by atoms with Crippen molar-refractivity contribution in [2.24, 2.45) is 0 Å². The molecule has 7 nitrogen and oxygen atoms in total. The van der Waals surface area contributed by atoms with Gasteiger partial charge in [-0.2, -0.15) is 0 Å². The van der Waals surface area contributed by atoms with Crippen molar-refractivity contribution in [2.75, 3.05) is 14.2 Å². The second-order valence-electron chi connectivity index (χ2n) is 3.28. The third-order valence-corrected chi connectivity index (χ3v) is 2.16. The van der Waals surface area contributed by atoms with Gasteiger partial charge in [-0.15, -0.1) is 0 Å². The van der Waals surface area contributed by atoms with Crippen LogP contribution in [0.2, 0.25) is 0 Å². The van der Waals surface area contributed by atoms with Gasteiger partial charge in [0.05, 0.1) is 13.5 Å². The van der Waals surface area contributed by atoms with Gasteiger partial charge in [0, 0.05) is 19.2 Å². The van der Waals surface area contributed by atoms with Gasteiger partial charge in [0.25, 0.3) is 5.91 Å². The average Bonchev–Trinajstić information content (AvgIpc) is 2.54. The zero-order chi connectivity index (χ0) is 13.0. The summed E-state index contributed by atoms with van der Waals surface area (Å²) in [6, 6.07) is 0. The molecule has 1 saturated heterocycles. The van der Waals surface area contributed by atoms with Crippen LogP contribution in [-0.4, -0.2) is 48.9 Å². The minimum atomic E-state index is -1.11. The van der Waals surface area contributed by atoms with Crippen molar-refractivity contribution in [1.82, 2.24) is 4.90 Å². The van der Waals surface area contributed by atoms with Crippen molar-refractivity contribution in [2.45, 2.75) is 12.5 Å². The highest BCUT2D eigenvalue weighted by Crippen LogP contribution is 2.14. The summed E-state index contributed by atoms with van der Waals surface area (Å²) < 4.78 is 8.98. The van der Waals surface area contributed by atoms with Crippen LogP contribution in [0.1, 0.15) is 6.42 Å². The Bertz CT molecular complexity index is 400.